The van der Waals surface area contributed by atoms with E-state index in [9.17, 15) is 4.79 Å². The number of rotatable bonds is 3. The summed E-state index contributed by atoms with van der Waals surface area (Å²) in [4.78, 5) is 11.0. The minimum atomic E-state index is -0.302. The zero-order chi connectivity index (χ0) is 13.1. The number of ether oxygens (including phenoxy) is 2. The molecule has 0 bridgehead atoms. The molecule has 0 unspecified atom stereocenters. The monoisotopic (exact) mass is 244 g/mol. The molecular formula is C15H16O3. The Morgan fingerprint density at radius 3 is 2.67 bits per heavy atom. The first-order chi connectivity index (χ1) is 8.61. The summed E-state index contributed by atoms with van der Waals surface area (Å²) in [6, 6.07) is 9.65. The number of benzene rings is 2. The predicted octanol–water partition coefficient (Wildman–Crippen LogP) is 3.47. The van der Waals surface area contributed by atoms with Crippen LogP contribution in [0.3, 0.4) is 0 Å². The smallest absolute Gasteiger partial charge is 0.308 e. The van der Waals surface area contributed by atoms with Crippen LogP contribution in [-0.2, 0) is 4.79 Å². The van der Waals surface area contributed by atoms with E-state index in [0.29, 0.717) is 12.4 Å². The van der Waals surface area contributed by atoms with Crippen LogP contribution in [-0.4, -0.2) is 12.6 Å². The summed E-state index contributed by atoms with van der Waals surface area (Å²) in [5.41, 5.74) is 0.964. The molecule has 3 heteroatoms. The van der Waals surface area contributed by atoms with E-state index < -0.39 is 0 Å². The summed E-state index contributed by atoms with van der Waals surface area (Å²) in [5, 5.41) is 2.14. The standard InChI is InChI=1S/C15H16O3/c1-4-17-13-6-7-14-10(2)15(18-11(3)16)8-5-12(14)9-13/h5-9H,4H2,1-3H3. The number of hydrogen-bond acceptors (Lipinski definition) is 3. The van der Waals surface area contributed by atoms with Crippen molar-refractivity contribution in [2.75, 3.05) is 6.61 Å². The van der Waals surface area contributed by atoms with Crippen molar-refractivity contribution in [3.63, 3.8) is 0 Å². The lowest BCUT2D eigenvalue weighted by Gasteiger charge is -2.10. The lowest BCUT2D eigenvalue weighted by Crippen LogP contribution is -2.02. The van der Waals surface area contributed by atoms with E-state index in [-0.39, 0.29) is 5.97 Å². The average molecular weight is 244 g/mol. The van der Waals surface area contributed by atoms with Crippen molar-refractivity contribution in [1.29, 1.82) is 0 Å². The van der Waals surface area contributed by atoms with Gasteiger partial charge in [-0.3, -0.25) is 4.79 Å². The van der Waals surface area contributed by atoms with Crippen molar-refractivity contribution >= 4 is 16.7 Å². The number of hydrogen-bond donors (Lipinski definition) is 0. The first-order valence-electron chi connectivity index (χ1n) is 5.96. The third-order valence-electron chi connectivity index (χ3n) is 2.78. The number of esters is 1. The van der Waals surface area contributed by atoms with Gasteiger partial charge in [0, 0.05) is 6.92 Å². The molecular weight excluding hydrogens is 228 g/mol. The van der Waals surface area contributed by atoms with Gasteiger partial charge in [0.1, 0.15) is 11.5 Å². The Labute approximate surface area is 106 Å². The maximum atomic E-state index is 11.0. The quantitative estimate of drug-likeness (QED) is 0.612. The van der Waals surface area contributed by atoms with Gasteiger partial charge >= 0.3 is 5.97 Å². The average Bonchev–Trinajstić information content (AvgIpc) is 2.33. The normalized spacial score (nSPS) is 10.4. The maximum absolute atomic E-state index is 11.0. The van der Waals surface area contributed by atoms with Crippen molar-refractivity contribution in [3.05, 3.63) is 35.9 Å². The molecule has 0 N–H and O–H groups in total. The fourth-order valence-electron chi connectivity index (χ4n) is 1.97. The molecule has 3 nitrogen and oxygen atoms in total. The van der Waals surface area contributed by atoms with Gasteiger partial charge < -0.3 is 9.47 Å². The molecule has 0 aliphatic heterocycles. The van der Waals surface area contributed by atoms with Crippen LogP contribution in [0.4, 0.5) is 0 Å². The number of carbonyl (C=O) groups excluding carboxylic acids is 1. The highest BCUT2D eigenvalue weighted by molar-refractivity contribution is 5.89. The molecule has 0 fully saturated rings. The summed E-state index contributed by atoms with van der Waals surface area (Å²) < 4.78 is 10.6. The van der Waals surface area contributed by atoms with Gasteiger partial charge in [-0.15, -0.1) is 0 Å². The summed E-state index contributed by atoms with van der Waals surface area (Å²) in [5.74, 6) is 1.16. The van der Waals surface area contributed by atoms with E-state index in [1.54, 1.807) is 0 Å². The lowest BCUT2D eigenvalue weighted by molar-refractivity contribution is -0.131. The van der Waals surface area contributed by atoms with Crippen molar-refractivity contribution in [1.82, 2.24) is 0 Å². The van der Waals surface area contributed by atoms with Crippen molar-refractivity contribution in [2.45, 2.75) is 20.8 Å². The Hall–Kier alpha value is -2.03. The van der Waals surface area contributed by atoms with E-state index in [0.717, 1.165) is 22.1 Å². The second kappa shape index (κ2) is 5.08. The van der Waals surface area contributed by atoms with E-state index in [2.05, 4.69) is 0 Å². The topological polar surface area (TPSA) is 35.5 Å². The van der Waals surface area contributed by atoms with Crippen LogP contribution in [0.25, 0.3) is 10.8 Å². The Morgan fingerprint density at radius 1 is 1.22 bits per heavy atom. The fraction of sp³-hybridized carbons (Fsp3) is 0.267. The van der Waals surface area contributed by atoms with Gasteiger partial charge in [0.25, 0.3) is 0 Å². The molecule has 0 spiro atoms. The molecule has 0 atom stereocenters. The van der Waals surface area contributed by atoms with Crippen LogP contribution < -0.4 is 9.47 Å². The molecule has 0 saturated heterocycles. The Kier molecular flexibility index (Phi) is 3.51. The minimum Gasteiger partial charge on any atom is -0.494 e. The van der Waals surface area contributed by atoms with Crippen LogP contribution in [0.2, 0.25) is 0 Å². The van der Waals surface area contributed by atoms with Crippen LogP contribution in [0.15, 0.2) is 30.3 Å². The van der Waals surface area contributed by atoms with E-state index in [4.69, 9.17) is 9.47 Å². The second-order valence-corrected chi connectivity index (χ2v) is 4.10. The van der Waals surface area contributed by atoms with Gasteiger partial charge in [0.15, 0.2) is 0 Å². The summed E-state index contributed by atoms with van der Waals surface area (Å²) in [6.45, 7) is 5.96. The minimum absolute atomic E-state index is 0.302. The maximum Gasteiger partial charge on any atom is 0.308 e. The lowest BCUT2D eigenvalue weighted by atomic mass is 10.0. The molecule has 0 heterocycles. The van der Waals surface area contributed by atoms with Gasteiger partial charge in [-0.25, -0.2) is 0 Å². The molecule has 2 aromatic carbocycles. The van der Waals surface area contributed by atoms with Crippen molar-refractivity contribution in [2.24, 2.45) is 0 Å². The molecule has 0 amide bonds. The largest absolute Gasteiger partial charge is 0.494 e. The van der Waals surface area contributed by atoms with Gasteiger partial charge in [0.2, 0.25) is 0 Å². The molecule has 0 aliphatic rings. The predicted molar refractivity (Wildman–Crippen MR) is 71.2 cm³/mol. The molecule has 18 heavy (non-hydrogen) atoms. The fourth-order valence-corrected chi connectivity index (χ4v) is 1.97. The van der Waals surface area contributed by atoms with Gasteiger partial charge in [0.05, 0.1) is 6.61 Å². The third-order valence-corrected chi connectivity index (χ3v) is 2.78. The second-order valence-electron chi connectivity index (χ2n) is 4.10. The van der Waals surface area contributed by atoms with Gasteiger partial charge in [-0.2, -0.15) is 0 Å². The molecule has 2 aromatic rings. The van der Waals surface area contributed by atoms with E-state index in [1.807, 2.05) is 44.2 Å². The first kappa shape index (κ1) is 12.4. The SMILES string of the molecule is CCOc1ccc2c(C)c(OC(C)=O)ccc2c1. The molecule has 2 rings (SSSR count). The molecule has 0 radical (unpaired) electrons. The molecule has 0 aliphatic carbocycles. The van der Waals surface area contributed by atoms with Crippen molar-refractivity contribution in [3.8, 4) is 11.5 Å². The highest BCUT2D eigenvalue weighted by atomic mass is 16.5. The summed E-state index contributed by atoms with van der Waals surface area (Å²) in [7, 11) is 0. The zero-order valence-electron chi connectivity index (χ0n) is 10.8. The van der Waals surface area contributed by atoms with Crippen molar-refractivity contribution < 1.29 is 14.3 Å². The molecule has 0 aromatic heterocycles. The van der Waals surface area contributed by atoms with E-state index >= 15 is 0 Å². The Balaban J connectivity index is 2.48. The number of aryl methyl sites for hydroxylation is 1. The Morgan fingerprint density at radius 2 is 2.00 bits per heavy atom. The number of fused-ring (bicyclic) bond motifs is 1. The van der Waals surface area contributed by atoms with Crippen LogP contribution in [0.1, 0.15) is 19.4 Å². The summed E-state index contributed by atoms with van der Waals surface area (Å²) in [6.07, 6.45) is 0. The summed E-state index contributed by atoms with van der Waals surface area (Å²) >= 11 is 0. The van der Waals surface area contributed by atoms with Crippen LogP contribution >= 0.6 is 0 Å². The van der Waals surface area contributed by atoms with Gasteiger partial charge in [-0.05, 0) is 48.4 Å². The first-order valence-corrected chi connectivity index (χ1v) is 5.96. The number of carbonyl (C=O) groups is 1. The molecule has 94 valence electrons. The van der Waals surface area contributed by atoms with Crippen LogP contribution in [0, 0.1) is 6.92 Å². The van der Waals surface area contributed by atoms with E-state index in [1.165, 1.54) is 6.92 Å². The van der Waals surface area contributed by atoms with Crippen LogP contribution in [0.5, 0.6) is 11.5 Å². The Bertz CT molecular complexity index is 588. The highest BCUT2D eigenvalue weighted by Crippen LogP contribution is 2.29. The zero-order valence-corrected chi connectivity index (χ0v) is 10.8. The highest BCUT2D eigenvalue weighted by Gasteiger charge is 2.07. The third kappa shape index (κ3) is 2.45. The van der Waals surface area contributed by atoms with Gasteiger partial charge in [-0.1, -0.05) is 12.1 Å². The molecule has 0 saturated carbocycles.